The first kappa shape index (κ1) is 22.0. The molecule has 0 radical (unpaired) electrons. The third-order valence-electron chi connectivity index (χ3n) is 4.63. The molecule has 0 aliphatic heterocycles. The average molecular weight is 403 g/mol. The Balaban J connectivity index is 2.37. The quantitative estimate of drug-likeness (QED) is 0.642. The van der Waals surface area contributed by atoms with Gasteiger partial charge in [-0.3, -0.25) is 9.10 Å². The summed E-state index contributed by atoms with van der Waals surface area (Å²) in [6, 6.07) is 12.3. The molecule has 28 heavy (non-hydrogen) atoms. The Bertz CT molecular complexity index is 906. The number of hydrogen-bond donors (Lipinski definition) is 1. The third kappa shape index (κ3) is 5.58. The maximum atomic E-state index is 13.4. The molecule has 0 unspecified atom stereocenters. The molecule has 6 heteroatoms. The molecule has 1 amide bonds. The summed E-state index contributed by atoms with van der Waals surface area (Å²) < 4.78 is 27.9. The Morgan fingerprint density at radius 3 is 2.25 bits per heavy atom. The maximum Gasteiger partial charge on any atom is 0.264 e. The minimum atomic E-state index is -3.87. The standard InChI is InChI=1S/C22H30N2O3S/c1-5-6-7-14-23-22(25)16-24(21-15-18(3)8-11-19(21)4)28(26,27)20-12-9-17(2)10-13-20/h8-13,15H,5-7,14,16H2,1-4H3,(H,23,25). The van der Waals surface area contributed by atoms with Gasteiger partial charge in [-0.25, -0.2) is 8.42 Å². The summed E-state index contributed by atoms with van der Waals surface area (Å²) in [6.07, 6.45) is 2.98. The lowest BCUT2D eigenvalue weighted by Crippen LogP contribution is -2.41. The van der Waals surface area contributed by atoms with Crippen molar-refractivity contribution in [2.24, 2.45) is 0 Å². The highest BCUT2D eigenvalue weighted by atomic mass is 32.2. The van der Waals surface area contributed by atoms with Crippen molar-refractivity contribution in [1.82, 2.24) is 5.32 Å². The number of unbranched alkanes of at least 4 members (excludes halogenated alkanes) is 2. The third-order valence-corrected chi connectivity index (χ3v) is 6.41. The molecule has 0 atom stereocenters. The van der Waals surface area contributed by atoms with Crippen LogP contribution in [0.1, 0.15) is 42.9 Å². The molecular weight excluding hydrogens is 372 g/mol. The van der Waals surface area contributed by atoms with Crippen LogP contribution < -0.4 is 9.62 Å². The van der Waals surface area contributed by atoms with Crippen LogP contribution in [0, 0.1) is 20.8 Å². The van der Waals surface area contributed by atoms with E-state index in [1.54, 1.807) is 24.3 Å². The zero-order valence-electron chi connectivity index (χ0n) is 17.2. The number of sulfonamides is 1. The van der Waals surface area contributed by atoms with Crippen molar-refractivity contribution >= 4 is 21.6 Å². The van der Waals surface area contributed by atoms with E-state index in [9.17, 15) is 13.2 Å². The van der Waals surface area contributed by atoms with Crippen molar-refractivity contribution in [3.63, 3.8) is 0 Å². The van der Waals surface area contributed by atoms with Gasteiger partial charge in [0.15, 0.2) is 0 Å². The molecule has 0 bridgehead atoms. The molecule has 0 saturated carbocycles. The lowest BCUT2D eigenvalue weighted by molar-refractivity contribution is -0.119. The Morgan fingerprint density at radius 1 is 0.964 bits per heavy atom. The Hall–Kier alpha value is -2.34. The van der Waals surface area contributed by atoms with Crippen molar-refractivity contribution < 1.29 is 13.2 Å². The van der Waals surface area contributed by atoms with Crippen LogP contribution in [0.25, 0.3) is 0 Å². The van der Waals surface area contributed by atoms with Gasteiger partial charge in [0.2, 0.25) is 5.91 Å². The van der Waals surface area contributed by atoms with Gasteiger partial charge in [-0.05, 0) is 56.5 Å². The molecule has 2 rings (SSSR count). The van der Waals surface area contributed by atoms with E-state index < -0.39 is 10.0 Å². The summed E-state index contributed by atoms with van der Waals surface area (Å²) >= 11 is 0. The van der Waals surface area contributed by atoms with Gasteiger partial charge in [-0.1, -0.05) is 49.6 Å². The molecule has 5 nitrogen and oxygen atoms in total. The number of carbonyl (C=O) groups excluding carboxylic acids is 1. The summed E-state index contributed by atoms with van der Waals surface area (Å²) in [7, 11) is -3.87. The Kier molecular flexibility index (Phi) is 7.63. The number of anilines is 1. The first-order valence-electron chi connectivity index (χ1n) is 9.69. The fourth-order valence-corrected chi connectivity index (χ4v) is 4.39. The van der Waals surface area contributed by atoms with Crippen LogP contribution in [0.3, 0.4) is 0 Å². The largest absolute Gasteiger partial charge is 0.355 e. The van der Waals surface area contributed by atoms with Crippen LogP contribution in [0.4, 0.5) is 5.69 Å². The molecule has 0 aliphatic rings. The highest BCUT2D eigenvalue weighted by molar-refractivity contribution is 7.92. The number of carbonyl (C=O) groups is 1. The van der Waals surface area contributed by atoms with E-state index in [0.717, 1.165) is 36.0 Å². The lowest BCUT2D eigenvalue weighted by Gasteiger charge is -2.26. The molecule has 0 fully saturated rings. The Labute approximate surface area is 168 Å². The van der Waals surface area contributed by atoms with E-state index >= 15 is 0 Å². The second-order valence-corrected chi connectivity index (χ2v) is 9.03. The van der Waals surface area contributed by atoms with E-state index in [2.05, 4.69) is 12.2 Å². The molecule has 2 aromatic carbocycles. The van der Waals surface area contributed by atoms with E-state index in [-0.39, 0.29) is 17.3 Å². The van der Waals surface area contributed by atoms with Gasteiger partial charge in [0.25, 0.3) is 10.0 Å². The molecule has 2 aromatic rings. The maximum absolute atomic E-state index is 13.4. The number of nitrogens with zero attached hydrogens (tertiary/aromatic N) is 1. The van der Waals surface area contributed by atoms with Crippen molar-refractivity contribution in [3.05, 3.63) is 59.2 Å². The van der Waals surface area contributed by atoms with Crippen molar-refractivity contribution in [2.45, 2.75) is 51.9 Å². The fourth-order valence-electron chi connectivity index (χ4n) is 2.91. The van der Waals surface area contributed by atoms with E-state index in [4.69, 9.17) is 0 Å². The number of hydrogen-bond acceptors (Lipinski definition) is 3. The SMILES string of the molecule is CCCCCNC(=O)CN(c1cc(C)ccc1C)S(=O)(=O)c1ccc(C)cc1. The second-order valence-electron chi connectivity index (χ2n) is 7.17. The Morgan fingerprint density at radius 2 is 1.61 bits per heavy atom. The zero-order valence-corrected chi connectivity index (χ0v) is 18.0. The summed E-state index contributed by atoms with van der Waals surface area (Å²) in [5.74, 6) is -0.298. The van der Waals surface area contributed by atoms with Crippen LogP contribution in [0.5, 0.6) is 0 Å². The zero-order chi connectivity index (χ0) is 20.7. The number of aryl methyl sites for hydroxylation is 3. The van der Waals surface area contributed by atoms with Crippen molar-refractivity contribution in [1.29, 1.82) is 0 Å². The molecule has 0 spiro atoms. The fraction of sp³-hybridized carbons (Fsp3) is 0.409. The molecule has 0 aromatic heterocycles. The minimum absolute atomic E-state index is 0.179. The van der Waals surface area contributed by atoms with Crippen molar-refractivity contribution in [3.8, 4) is 0 Å². The van der Waals surface area contributed by atoms with Gasteiger partial charge in [0.1, 0.15) is 6.54 Å². The summed E-state index contributed by atoms with van der Waals surface area (Å²) in [4.78, 5) is 12.7. The van der Waals surface area contributed by atoms with E-state index in [1.807, 2.05) is 39.0 Å². The van der Waals surface area contributed by atoms with Gasteiger partial charge < -0.3 is 5.32 Å². The van der Waals surface area contributed by atoms with Crippen molar-refractivity contribution in [2.75, 3.05) is 17.4 Å². The van der Waals surface area contributed by atoms with E-state index in [0.29, 0.717) is 12.2 Å². The lowest BCUT2D eigenvalue weighted by atomic mass is 10.1. The van der Waals surface area contributed by atoms with Crippen LogP contribution in [-0.2, 0) is 14.8 Å². The first-order valence-corrected chi connectivity index (χ1v) is 11.1. The molecule has 0 heterocycles. The molecule has 0 saturated heterocycles. The van der Waals surface area contributed by atoms with Gasteiger partial charge in [-0.15, -0.1) is 0 Å². The number of benzene rings is 2. The topological polar surface area (TPSA) is 66.5 Å². The highest BCUT2D eigenvalue weighted by Gasteiger charge is 2.28. The van der Waals surface area contributed by atoms with Crippen LogP contribution in [0.2, 0.25) is 0 Å². The molecule has 0 aliphatic carbocycles. The van der Waals surface area contributed by atoms with E-state index in [1.165, 1.54) is 4.31 Å². The normalized spacial score (nSPS) is 11.3. The molecule has 152 valence electrons. The number of nitrogens with one attached hydrogen (secondary N) is 1. The molecule has 1 N–H and O–H groups in total. The van der Waals surface area contributed by atoms with Crippen LogP contribution in [0.15, 0.2) is 47.4 Å². The van der Waals surface area contributed by atoms with Gasteiger partial charge in [0.05, 0.1) is 10.6 Å². The first-order chi connectivity index (χ1) is 13.3. The summed E-state index contributed by atoms with van der Waals surface area (Å²) in [6.45, 7) is 8.07. The second kappa shape index (κ2) is 9.73. The molecular formula is C22H30N2O3S. The van der Waals surface area contributed by atoms with Crippen LogP contribution in [-0.4, -0.2) is 27.4 Å². The minimum Gasteiger partial charge on any atom is -0.355 e. The van der Waals surface area contributed by atoms with Gasteiger partial charge in [0, 0.05) is 6.54 Å². The number of amides is 1. The monoisotopic (exact) mass is 402 g/mol. The predicted octanol–water partition coefficient (Wildman–Crippen LogP) is 4.11. The summed E-state index contributed by atoms with van der Waals surface area (Å²) in [5.41, 5.74) is 3.25. The van der Waals surface area contributed by atoms with Crippen LogP contribution >= 0.6 is 0 Å². The van der Waals surface area contributed by atoms with Gasteiger partial charge >= 0.3 is 0 Å². The number of rotatable bonds is 9. The predicted molar refractivity (Wildman–Crippen MR) is 114 cm³/mol. The smallest absolute Gasteiger partial charge is 0.264 e. The highest BCUT2D eigenvalue weighted by Crippen LogP contribution is 2.28. The average Bonchev–Trinajstić information content (AvgIpc) is 2.65. The summed E-state index contributed by atoms with van der Waals surface area (Å²) in [5, 5.41) is 2.84. The van der Waals surface area contributed by atoms with Gasteiger partial charge in [-0.2, -0.15) is 0 Å².